The predicted octanol–water partition coefficient (Wildman–Crippen LogP) is 8.68. The number of amides is 2. The Bertz CT molecular complexity index is 2160. The highest BCUT2D eigenvalue weighted by Crippen LogP contribution is 2.54. The van der Waals surface area contributed by atoms with Crippen LogP contribution in [-0.2, 0) is 41.4 Å². The Morgan fingerprint density at radius 1 is 0.500 bits per heavy atom. The topological polar surface area (TPSA) is 151 Å². The summed E-state index contributed by atoms with van der Waals surface area (Å²) in [5.41, 5.74) is -6.96. The van der Waals surface area contributed by atoms with E-state index in [4.69, 9.17) is 9.47 Å². The van der Waals surface area contributed by atoms with Crippen molar-refractivity contribution in [2.75, 3.05) is 13.2 Å². The van der Waals surface area contributed by atoms with Crippen LogP contribution in [0.25, 0.3) is 0 Å². The maximum Gasteiger partial charge on any atom is 0.442 e. The van der Waals surface area contributed by atoms with E-state index in [9.17, 15) is 49.1 Å². The third-order valence-corrected chi connectivity index (χ3v) is 9.24. The molecule has 0 bridgehead atoms. The zero-order valence-corrected chi connectivity index (χ0v) is 29.4. The van der Waals surface area contributed by atoms with Crippen LogP contribution in [0.4, 0.5) is 39.5 Å². The number of alkyl halides is 9. The van der Waals surface area contributed by atoms with Gasteiger partial charge in [-0.1, -0.05) is 60.7 Å². The normalized spacial score (nSPS) is 16.8. The van der Waals surface area contributed by atoms with Crippen LogP contribution < -0.4 is 15.4 Å². The van der Waals surface area contributed by atoms with Crippen LogP contribution >= 0.6 is 0 Å². The van der Waals surface area contributed by atoms with Crippen LogP contribution in [-0.4, -0.2) is 43.6 Å². The summed E-state index contributed by atoms with van der Waals surface area (Å²) in [4.78, 5) is 26.6. The Balaban J connectivity index is 0.983. The molecule has 58 heavy (non-hydrogen) atoms. The lowest BCUT2D eigenvalue weighted by atomic mass is 10.0. The molecule has 0 saturated heterocycles. The summed E-state index contributed by atoms with van der Waals surface area (Å²) in [5, 5.41) is 24.3. The Kier molecular flexibility index (Phi) is 10.1. The maximum atomic E-state index is 13.4. The van der Waals surface area contributed by atoms with E-state index in [0.29, 0.717) is 16.7 Å². The van der Waals surface area contributed by atoms with Gasteiger partial charge in [0.25, 0.3) is 11.8 Å². The molecule has 3 aliphatic rings. The van der Waals surface area contributed by atoms with Gasteiger partial charge < -0.3 is 20.1 Å². The van der Waals surface area contributed by atoms with Gasteiger partial charge in [0.15, 0.2) is 0 Å². The van der Waals surface area contributed by atoms with Crippen molar-refractivity contribution in [2.24, 2.45) is 30.7 Å². The molecule has 0 spiro atoms. The SMILES string of the molecule is O=C(NCc1ccc(C2(C(F)(F)F)N=N2)cc1)c1cc(COCCOc2ccc(C3(C(F)(F)F)N=N3)cc2)cc(C(=O)NCc2ccc(C3(C(F)(F)F)N=N3)cc2)c1. The molecule has 3 aliphatic heterocycles. The number of carbonyl (C=O) groups excluding carboxylic acids is 2. The molecule has 0 unspecified atom stereocenters. The summed E-state index contributed by atoms with van der Waals surface area (Å²) in [6, 6.07) is 19.6. The molecule has 0 aromatic heterocycles. The fourth-order valence-electron chi connectivity index (χ4n) is 5.84. The Morgan fingerprint density at radius 3 is 1.21 bits per heavy atom. The zero-order valence-electron chi connectivity index (χ0n) is 29.4. The number of nitrogens with one attached hydrogen (secondary N) is 2. The van der Waals surface area contributed by atoms with Crippen LogP contribution in [0.15, 0.2) is 122 Å². The van der Waals surface area contributed by atoms with Crippen LogP contribution in [0.2, 0.25) is 0 Å². The molecule has 21 heteroatoms. The average molecular weight is 819 g/mol. The lowest BCUT2D eigenvalue weighted by Crippen LogP contribution is -2.30. The quantitative estimate of drug-likeness (QED) is 0.0912. The molecule has 0 radical (unpaired) electrons. The summed E-state index contributed by atoms with van der Waals surface area (Å²) in [7, 11) is 0. The molecule has 4 aromatic carbocycles. The number of hydrogen-bond donors (Lipinski definition) is 2. The van der Waals surface area contributed by atoms with Crippen molar-refractivity contribution in [2.45, 2.75) is 55.2 Å². The third kappa shape index (κ3) is 7.98. The fourth-order valence-corrected chi connectivity index (χ4v) is 5.84. The summed E-state index contributed by atoms with van der Waals surface area (Å²) in [6.45, 7) is -0.366. The van der Waals surface area contributed by atoms with Crippen molar-refractivity contribution in [3.8, 4) is 5.75 Å². The molecule has 2 N–H and O–H groups in total. The monoisotopic (exact) mass is 818 g/mol. The van der Waals surface area contributed by atoms with Gasteiger partial charge in [0, 0.05) is 40.9 Å². The van der Waals surface area contributed by atoms with Crippen molar-refractivity contribution in [1.29, 1.82) is 0 Å². The van der Waals surface area contributed by atoms with Gasteiger partial charge in [-0.25, -0.2) is 0 Å². The Morgan fingerprint density at radius 2 is 0.862 bits per heavy atom. The van der Waals surface area contributed by atoms with Gasteiger partial charge in [0.2, 0.25) is 0 Å². The third-order valence-electron chi connectivity index (χ3n) is 9.24. The van der Waals surface area contributed by atoms with Crippen molar-refractivity contribution < 1.29 is 58.6 Å². The first kappa shape index (κ1) is 40.0. The van der Waals surface area contributed by atoms with Crippen molar-refractivity contribution in [3.63, 3.8) is 0 Å². The first-order valence-electron chi connectivity index (χ1n) is 17.1. The number of carbonyl (C=O) groups is 2. The molecule has 0 saturated carbocycles. The number of benzene rings is 4. The van der Waals surface area contributed by atoms with E-state index in [0.717, 1.165) is 0 Å². The van der Waals surface area contributed by atoms with E-state index in [2.05, 4.69) is 41.3 Å². The minimum absolute atomic E-state index is 0.0186. The van der Waals surface area contributed by atoms with Gasteiger partial charge in [-0.15, -0.1) is 30.7 Å². The minimum atomic E-state index is -4.70. The first-order valence-corrected chi connectivity index (χ1v) is 17.1. The van der Waals surface area contributed by atoms with Crippen molar-refractivity contribution >= 4 is 11.8 Å². The Labute approximate surface area is 321 Å². The standard InChI is InChI=1S/C37H27F9N8O4/c38-35(39,40)32(49-50-32)26-5-1-21(2-6-26)18-47-30(55)24-15-23(20-57-13-14-58-29-11-9-28(10-12-29)34(53-54-34)37(44,45)46)16-25(17-24)31(56)48-19-22-3-7-27(8-4-22)33(51-52-33)36(41,42)43/h1-12,15-17H,13-14,18-20H2,(H,47,55)(H,48,56). The van der Waals surface area contributed by atoms with Crippen LogP contribution in [0, 0.1) is 0 Å². The molecular weight excluding hydrogens is 791 g/mol. The van der Waals surface area contributed by atoms with E-state index in [1.807, 2.05) is 0 Å². The highest BCUT2D eigenvalue weighted by Gasteiger charge is 2.66. The second-order valence-corrected chi connectivity index (χ2v) is 13.2. The molecule has 3 heterocycles. The van der Waals surface area contributed by atoms with Gasteiger partial charge >= 0.3 is 35.5 Å². The van der Waals surface area contributed by atoms with Gasteiger partial charge in [0.05, 0.1) is 13.2 Å². The average Bonchev–Trinajstić information content (AvgIpc) is 4.04. The number of halogens is 9. The largest absolute Gasteiger partial charge is 0.491 e. The maximum absolute atomic E-state index is 13.4. The number of ether oxygens (including phenoxy) is 2. The van der Waals surface area contributed by atoms with Crippen LogP contribution in [0.3, 0.4) is 0 Å². The second-order valence-electron chi connectivity index (χ2n) is 13.2. The minimum Gasteiger partial charge on any atom is -0.491 e. The predicted molar refractivity (Wildman–Crippen MR) is 181 cm³/mol. The molecule has 7 rings (SSSR count). The summed E-state index contributed by atoms with van der Waals surface area (Å²) in [5.74, 6) is -1.04. The summed E-state index contributed by atoms with van der Waals surface area (Å²) in [6.07, 6.45) is -14.1. The molecule has 0 aliphatic carbocycles. The number of rotatable bonds is 15. The summed E-state index contributed by atoms with van der Waals surface area (Å²) < 4.78 is 131. The summed E-state index contributed by atoms with van der Waals surface area (Å²) >= 11 is 0. The first-order chi connectivity index (χ1) is 27.4. The van der Waals surface area contributed by atoms with Crippen molar-refractivity contribution in [1.82, 2.24) is 10.6 Å². The molecule has 0 atom stereocenters. The van der Waals surface area contributed by atoms with E-state index in [1.54, 1.807) is 0 Å². The molecular formula is C37H27F9N8O4. The number of nitrogens with zero attached hydrogens (tertiary/aromatic N) is 6. The second kappa shape index (κ2) is 14.6. The van der Waals surface area contributed by atoms with Gasteiger partial charge in [-0.3, -0.25) is 9.59 Å². The molecule has 0 fully saturated rings. The highest BCUT2D eigenvalue weighted by atomic mass is 19.4. The van der Waals surface area contributed by atoms with Gasteiger partial charge in [0.1, 0.15) is 12.4 Å². The molecule has 12 nitrogen and oxygen atoms in total. The van der Waals surface area contributed by atoms with E-state index < -0.39 is 47.3 Å². The van der Waals surface area contributed by atoms with Crippen LogP contribution in [0.5, 0.6) is 5.75 Å². The lowest BCUT2D eigenvalue weighted by molar-refractivity contribution is -0.166. The fraction of sp³-hybridized carbons (Fsp3) is 0.297. The zero-order chi connectivity index (χ0) is 41.6. The smallest absolute Gasteiger partial charge is 0.442 e. The van der Waals surface area contributed by atoms with Crippen molar-refractivity contribution in [3.05, 3.63) is 136 Å². The van der Waals surface area contributed by atoms with E-state index in [1.165, 1.54) is 91.0 Å². The van der Waals surface area contributed by atoms with Gasteiger partial charge in [-0.05, 0) is 47.0 Å². The van der Waals surface area contributed by atoms with Crippen LogP contribution in [0.1, 0.15) is 54.1 Å². The molecule has 302 valence electrons. The number of hydrogen-bond acceptors (Lipinski definition) is 10. The highest BCUT2D eigenvalue weighted by molar-refractivity contribution is 6.00. The molecule has 2 amide bonds. The van der Waals surface area contributed by atoms with Gasteiger partial charge in [-0.2, -0.15) is 39.5 Å². The Hall–Kier alpha value is -6.25. The van der Waals surface area contributed by atoms with E-state index >= 15 is 0 Å². The molecule has 4 aromatic rings. The lowest BCUT2D eigenvalue weighted by Gasteiger charge is -2.15. The van der Waals surface area contributed by atoms with E-state index in [-0.39, 0.29) is 66.5 Å².